The van der Waals surface area contributed by atoms with Gasteiger partial charge in [0.1, 0.15) is 33.8 Å². The highest BCUT2D eigenvalue weighted by Gasteiger charge is 2.38. The number of methoxy groups -OCH3 is 2. The Kier molecular flexibility index (Phi) is 16.2. The molecule has 560 valence electrons. The number of hydrogen-bond donors (Lipinski definition) is 0. The van der Waals surface area contributed by atoms with Gasteiger partial charge in [0.15, 0.2) is 0 Å². The van der Waals surface area contributed by atoms with Crippen LogP contribution in [-0.4, -0.2) is 27.3 Å². The number of fused-ring (bicyclic) bond motifs is 12. The van der Waals surface area contributed by atoms with E-state index in [-0.39, 0.29) is 11.0 Å². The lowest BCUT2D eigenvalue weighted by Crippen LogP contribution is -2.41. The van der Waals surface area contributed by atoms with E-state index in [4.69, 9.17) is 27.1 Å². The summed E-state index contributed by atoms with van der Waals surface area (Å²) in [4.78, 5) is 63.5. The predicted molar refractivity (Wildman–Crippen MR) is 471 cm³/mol. The summed E-state index contributed by atoms with van der Waals surface area (Å²) < 4.78 is 36.0. The molecule has 2 aliphatic heterocycles. The first-order valence-electron chi connectivity index (χ1n) is 39.2. The molecule has 0 atom stereocenters. The summed E-state index contributed by atoms with van der Waals surface area (Å²) in [6, 6.07) is 97.9. The van der Waals surface area contributed by atoms with E-state index >= 15 is 0 Å². The Hall–Kier alpha value is -14.6. The van der Waals surface area contributed by atoms with Gasteiger partial charge >= 0.3 is 22.5 Å². The molecule has 19 aromatic rings. The van der Waals surface area contributed by atoms with Gasteiger partial charge in [0, 0.05) is 91.8 Å². The van der Waals surface area contributed by atoms with Crippen LogP contribution in [0.15, 0.2) is 328 Å². The zero-order valence-electron chi connectivity index (χ0n) is 64.2. The molecule has 0 aliphatic carbocycles. The first-order chi connectivity index (χ1) is 56.6. The SMILES string of the molecule is COc1cc(OC)c2cc(-c3ccc(N(c4ccc(N(c5ccc(-c6cccc(-c7cc8ccc9ccccc9c8oc7=O)c6)cc5)c5ccc6c(ccc7cc(-c8cc9cc%10ccccc%10cc9oc8=O)ccc76)c5)cc4)c4cccc5cc(-c6c(C)c7cc8c9c(c7oc6=O)C(C)(C)CCN9CCC8)ccc45)cc3)c(=O)oc2c1. The van der Waals surface area contributed by atoms with Crippen LogP contribution in [0.25, 0.3) is 153 Å². The molecule has 0 amide bonds. The van der Waals surface area contributed by atoms with Crippen LogP contribution in [0.1, 0.15) is 43.4 Å². The highest BCUT2D eigenvalue weighted by Crippen LogP contribution is 2.50. The lowest BCUT2D eigenvalue weighted by atomic mass is 9.74. The molecule has 0 fully saturated rings. The molecular formula is C103H73N3O10. The first kappa shape index (κ1) is 69.4. The smallest absolute Gasteiger partial charge is 0.344 e. The van der Waals surface area contributed by atoms with Crippen molar-refractivity contribution in [1.29, 1.82) is 0 Å². The Morgan fingerprint density at radius 2 is 0.922 bits per heavy atom. The van der Waals surface area contributed by atoms with Gasteiger partial charge in [-0.05, 0) is 241 Å². The Labute approximate surface area is 664 Å². The van der Waals surface area contributed by atoms with Crippen LogP contribution < -0.4 is 46.7 Å². The van der Waals surface area contributed by atoms with E-state index in [0.29, 0.717) is 67.0 Å². The summed E-state index contributed by atoms with van der Waals surface area (Å²) in [7, 11) is 3.13. The lowest BCUT2D eigenvalue weighted by molar-refractivity contribution is 0.396. The zero-order chi connectivity index (χ0) is 78.4. The Morgan fingerprint density at radius 1 is 0.362 bits per heavy atom. The largest absolute Gasteiger partial charge is 0.496 e. The normalized spacial score (nSPS) is 13.2. The fourth-order valence-electron chi connectivity index (χ4n) is 18.2. The molecule has 0 bridgehead atoms. The third kappa shape index (κ3) is 11.6. The average Bonchev–Trinajstić information content (AvgIpc) is 0.715. The molecule has 2 aliphatic rings. The second kappa shape index (κ2) is 27.1. The molecule has 0 N–H and O–H groups in total. The van der Waals surface area contributed by atoms with Crippen LogP contribution in [0.3, 0.4) is 0 Å². The zero-order valence-corrected chi connectivity index (χ0v) is 64.2. The van der Waals surface area contributed by atoms with E-state index in [1.807, 2.05) is 121 Å². The molecule has 0 saturated heterocycles. The minimum absolute atomic E-state index is 0.174. The van der Waals surface area contributed by atoms with Crippen molar-refractivity contribution in [3.05, 3.63) is 350 Å². The molecule has 21 rings (SSSR count). The number of aryl methyl sites for hydroxylation is 2. The van der Waals surface area contributed by atoms with Crippen LogP contribution >= 0.6 is 0 Å². The number of hydrogen-bond acceptors (Lipinski definition) is 13. The highest BCUT2D eigenvalue weighted by atomic mass is 16.5. The van der Waals surface area contributed by atoms with E-state index in [2.05, 4.69) is 187 Å². The predicted octanol–water partition coefficient (Wildman–Crippen LogP) is 24.9. The van der Waals surface area contributed by atoms with E-state index in [1.165, 1.54) is 11.3 Å². The summed E-state index contributed by atoms with van der Waals surface area (Å²) in [6.07, 6.45) is 3.03. The van der Waals surface area contributed by atoms with E-state index in [9.17, 15) is 19.2 Å². The van der Waals surface area contributed by atoms with Crippen LogP contribution in [0, 0.1) is 6.92 Å². The molecular weight excluding hydrogens is 1440 g/mol. The maximum atomic E-state index is 14.8. The summed E-state index contributed by atoms with van der Waals surface area (Å²) in [5.74, 6) is 1.01. The van der Waals surface area contributed by atoms with E-state index in [0.717, 1.165) is 175 Å². The summed E-state index contributed by atoms with van der Waals surface area (Å²) in [5.41, 5.74) is 16.8. The van der Waals surface area contributed by atoms with Crippen molar-refractivity contribution in [3.8, 4) is 67.1 Å². The number of nitrogens with zero attached hydrogens (tertiary/aromatic N) is 3. The van der Waals surface area contributed by atoms with Crippen molar-refractivity contribution >= 4 is 138 Å². The standard InChI is InChI=1S/C103H73N3O10/c1-59-85-52-72-19-12-45-104-46-44-103(2,3)95(96(72)104)98(85)116-102(110)94(59)71-31-42-83-66(50-71)18-11-21-90(83)106(77-34-28-62(29-35-77)88-58-89-92(112-5)56-80(111-4)57-93(89)114-100(88)108)78-38-36-76(37-39-78)105(75-32-26-60(27-33-75)63-16-10-17-67(47-63)86-53-73-25-22-61-13-8-9-20-84(61)97(73)115-101(86)109)79-40-43-82-70(51-79)24-23-68-49-69(30-41-81(68)82)87-54-74-48-64-14-6-7-15-65(64)55-91(74)113-99(87)107/h6-11,13-18,20-43,47-58H,12,19,44-46H2,1-5H3. The average molecular weight is 1510 g/mol. The molecule has 0 unspecified atom stereocenters. The van der Waals surface area contributed by atoms with Gasteiger partial charge in [-0.25, -0.2) is 19.2 Å². The van der Waals surface area contributed by atoms with Gasteiger partial charge in [0.2, 0.25) is 0 Å². The van der Waals surface area contributed by atoms with Crippen molar-refractivity contribution in [2.45, 2.75) is 45.4 Å². The summed E-state index contributed by atoms with van der Waals surface area (Å²) in [6.45, 7) is 8.61. The summed E-state index contributed by atoms with van der Waals surface area (Å²) >= 11 is 0. The Bertz CT molecular complexity index is 7630. The summed E-state index contributed by atoms with van der Waals surface area (Å²) in [5, 5.41) is 13.2. The fraction of sp³-hybridized carbons (Fsp3) is 0.107. The molecule has 6 heterocycles. The van der Waals surface area contributed by atoms with Crippen molar-refractivity contribution in [2.24, 2.45) is 0 Å². The van der Waals surface area contributed by atoms with E-state index < -0.39 is 16.9 Å². The molecule has 15 aromatic carbocycles. The van der Waals surface area contributed by atoms with Gasteiger partial charge in [0.25, 0.3) is 0 Å². The quantitative estimate of drug-likeness (QED) is 0.0613. The molecule has 13 nitrogen and oxygen atoms in total. The van der Waals surface area contributed by atoms with Gasteiger partial charge < -0.3 is 41.8 Å². The van der Waals surface area contributed by atoms with Gasteiger partial charge in [-0.2, -0.15) is 0 Å². The monoisotopic (exact) mass is 1510 g/mol. The number of ether oxygens (including phenoxy) is 2. The fourth-order valence-corrected chi connectivity index (χ4v) is 18.2. The second-order valence-corrected chi connectivity index (χ2v) is 31.3. The first-order valence-corrected chi connectivity index (χ1v) is 39.2. The lowest BCUT2D eigenvalue weighted by Gasteiger charge is -2.44. The maximum absolute atomic E-state index is 14.8. The van der Waals surface area contributed by atoms with E-state index in [1.54, 1.807) is 32.4 Å². The van der Waals surface area contributed by atoms with Gasteiger partial charge in [-0.3, -0.25) is 0 Å². The van der Waals surface area contributed by atoms with Gasteiger partial charge in [-0.1, -0.05) is 172 Å². The molecule has 0 radical (unpaired) electrons. The van der Waals surface area contributed by atoms with Crippen molar-refractivity contribution in [3.63, 3.8) is 0 Å². The number of benzene rings is 15. The minimum Gasteiger partial charge on any atom is -0.496 e. The van der Waals surface area contributed by atoms with Crippen LogP contribution in [-0.2, 0) is 11.8 Å². The third-order valence-corrected chi connectivity index (χ3v) is 24.1. The van der Waals surface area contributed by atoms with Crippen molar-refractivity contribution < 1.29 is 27.1 Å². The van der Waals surface area contributed by atoms with Gasteiger partial charge in [-0.15, -0.1) is 0 Å². The Balaban J connectivity index is 0.683. The van der Waals surface area contributed by atoms with Crippen molar-refractivity contribution in [2.75, 3.05) is 42.0 Å². The topological polar surface area (TPSA) is 149 Å². The second-order valence-electron chi connectivity index (χ2n) is 31.3. The molecule has 116 heavy (non-hydrogen) atoms. The molecule has 4 aromatic heterocycles. The molecule has 0 saturated carbocycles. The minimum atomic E-state index is -0.509. The maximum Gasteiger partial charge on any atom is 0.344 e. The van der Waals surface area contributed by atoms with Crippen LogP contribution in [0.5, 0.6) is 11.5 Å². The van der Waals surface area contributed by atoms with Gasteiger partial charge in [0.05, 0.1) is 47.5 Å². The number of rotatable bonds is 13. The Morgan fingerprint density at radius 3 is 1.68 bits per heavy atom. The van der Waals surface area contributed by atoms with Crippen LogP contribution in [0.2, 0.25) is 0 Å². The molecule has 0 spiro atoms. The molecule has 13 heteroatoms. The highest BCUT2D eigenvalue weighted by molar-refractivity contribution is 6.11. The third-order valence-electron chi connectivity index (χ3n) is 24.1. The van der Waals surface area contributed by atoms with Crippen molar-refractivity contribution in [1.82, 2.24) is 0 Å². The number of anilines is 7. The van der Waals surface area contributed by atoms with Crippen LogP contribution in [0.4, 0.5) is 39.8 Å².